The Balaban J connectivity index is 2.04. The molecule has 0 aliphatic rings. The van der Waals surface area contributed by atoms with E-state index in [-0.39, 0.29) is 11.9 Å². The summed E-state index contributed by atoms with van der Waals surface area (Å²) in [5.41, 5.74) is 1.67. The first kappa shape index (κ1) is 12.7. The van der Waals surface area contributed by atoms with Crippen molar-refractivity contribution in [3.05, 3.63) is 36.9 Å². The lowest BCUT2D eigenvalue weighted by atomic mass is 10.3. The van der Waals surface area contributed by atoms with E-state index >= 15 is 0 Å². The van der Waals surface area contributed by atoms with Gasteiger partial charge in [-0.2, -0.15) is 0 Å². The molecule has 0 radical (unpaired) electrons. The molecule has 2 aromatic heterocycles. The van der Waals surface area contributed by atoms with Crippen LogP contribution in [0.5, 0.6) is 0 Å². The SMILES string of the molecule is Cc1csc(C(C)NC(=O)c2csc(Br)c2)n1. The van der Waals surface area contributed by atoms with Crippen LogP contribution in [0.4, 0.5) is 0 Å². The van der Waals surface area contributed by atoms with Crippen molar-refractivity contribution in [2.45, 2.75) is 19.9 Å². The Kier molecular flexibility index (Phi) is 3.96. The molecule has 0 fully saturated rings. The molecule has 0 aliphatic carbocycles. The second-order valence-electron chi connectivity index (χ2n) is 3.66. The van der Waals surface area contributed by atoms with E-state index in [1.807, 2.05) is 30.7 Å². The van der Waals surface area contributed by atoms with Crippen molar-refractivity contribution in [1.29, 1.82) is 0 Å². The normalized spacial score (nSPS) is 12.4. The van der Waals surface area contributed by atoms with Gasteiger partial charge in [0.1, 0.15) is 5.01 Å². The van der Waals surface area contributed by atoms with E-state index in [1.54, 1.807) is 11.3 Å². The molecule has 2 rings (SSSR count). The molecule has 2 heterocycles. The van der Waals surface area contributed by atoms with Crippen LogP contribution < -0.4 is 5.32 Å². The summed E-state index contributed by atoms with van der Waals surface area (Å²) in [5, 5.41) is 7.69. The summed E-state index contributed by atoms with van der Waals surface area (Å²) < 4.78 is 0.959. The zero-order valence-electron chi connectivity index (χ0n) is 9.36. The first-order valence-corrected chi connectivity index (χ1v) is 7.58. The summed E-state index contributed by atoms with van der Waals surface area (Å²) in [6.07, 6.45) is 0. The molecule has 6 heteroatoms. The third-order valence-electron chi connectivity index (χ3n) is 2.18. The lowest BCUT2D eigenvalue weighted by Crippen LogP contribution is -2.26. The Morgan fingerprint density at radius 2 is 2.24 bits per heavy atom. The minimum Gasteiger partial charge on any atom is -0.343 e. The number of aromatic nitrogens is 1. The minimum atomic E-state index is -0.0627. The van der Waals surface area contributed by atoms with Crippen molar-refractivity contribution in [2.24, 2.45) is 0 Å². The Bertz CT molecular complexity index is 535. The van der Waals surface area contributed by atoms with E-state index in [0.717, 1.165) is 14.5 Å². The van der Waals surface area contributed by atoms with Crippen molar-refractivity contribution in [3.63, 3.8) is 0 Å². The zero-order valence-corrected chi connectivity index (χ0v) is 12.6. The molecular weight excluding hydrogens is 320 g/mol. The summed E-state index contributed by atoms with van der Waals surface area (Å²) in [7, 11) is 0. The Hall–Kier alpha value is -0.720. The summed E-state index contributed by atoms with van der Waals surface area (Å²) in [4.78, 5) is 16.3. The highest BCUT2D eigenvalue weighted by atomic mass is 79.9. The Morgan fingerprint density at radius 3 is 2.76 bits per heavy atom. The number of thiophene rings is 1. The van der Waals surface area contributed by atoms with Gasteiger partial charge in [0.2, 0.25) is 0 Å². The standard InChI is InChI=1S/C11H11BrN2OS2/c1-6-4-17-11(13-6)7(2)14-10(15)8-3-9(12)16-5-8/h3-5,7H,1-2H3,(H,14,15). The molecule has 1 amide bonds. The first-order valence-electron chi connectivity index (χ1n) is 5.03. The number of nitrogens with zero attached hydrogens (tertiary/aromatic N) is 1. The Labute approximate surface area is 116 Å². The molecule has 0 saturated heterocycles. The van der Waals surface area contributed by atoms with Crippen molar-refractivity contribution in [1.82, 2.24) is 10.3 Å². The van der Waals surface area contributed by atoms with E-state index in [4.69, 9.17) is 0 Å². The molecule has 0 aromatic carbocycles. The molecule has 1 N–H and O–H groups in total. The van der Waals surface area contributed by atoms with Crippen LogP contribution in [0.3, 0.4) is 0 Å². The van der Waals surface area contributed by atoms with E-state index < -0.39 is 0 Å². The van der Waals surface area contributed by atoms with Gasteiger partial charge in [-0.05, 0) is 35.8 Å². The molecule has 0 bridgehead atoms. The maximum Gasteiger partial charge on any atom is 0.252 e. The van der Waals surface area contributed by atoms with Gasteiger partial charge in [0.15, 0.2) is 0 Å². The van der Waals surface area contributed by atoms with E-state index in [9.17, 15) is 4.79 Å². The largest absolute Gasteiger partial charge is 0.343 e. The lowest BCUT2D eigenvalue weighted by Gasteiger charge is -2.10. The third kappa shape index (κ3) is 3.14. The highest BCUT2D eigenvalue weighted by Crippen LogP contribution is 2.22. The number of aryl methyl sites for hydroxylation is 1. The van der Waals surface area contributed by atoms with Crippen LogP contribution in [0.15, 0.2) is 20.6 Å². The van der Waals surface area contributed by atoms with Crippen LogP contribution in [-0.4, -0.2) is 10.9 Å². The van der Waals surface area contributed by atoms with Gasteiger partial charge in [-0.1, -0.05) is 0 Å². The van der Waals surface area contributed by atoms with E-state index in [0.29, 0.717) is 5.56 Å². The molecule has 1 atom stereocenters. The Morgan fingerprint density at radius 1 is 1.47 bits per heavy atom. The summed E-state index contributed by atoms with van der Waals surface area (Å²) >= 11 is 6.41. The fraction of sp³-hybridized carbons (Fsp3) is 0.273. The van der Waals surface area contributed by atoms with Crippen molar-refractivity contribution in [3.8, 4) is 0 Å². The average molecular weight is 331 g/mol. The van der Waals surface area contributed by atoms with Crippen molar-refractivity contribution >= 4 is 44.5 Å². The molecule has 2 aromatic rings. The van der Waals surface area contributed by atoms with Gasteiger partial charge in [0.05, 0.1) is 15.4 Å². The summed E-state index contributed by atoms with van der Waals surface area (Å²) in [6.45, 7) is 3.89. The fourth-order valence-corrected chi connectivity index (χ4v) is 3.28. The molecule has 3 nitrogen and oxygen atoms in total. The minimum absolute atomic E-state index is 0.0557. The number of hydrogen-bond donors (Lipinski definition) is 1. The zero-order chi connectivity index (χ0) is 12.4. The number of amides is 1. The maximum atomic E-state index is 11.9. The van der Waals surface area contributed by atoms with Gasteiger partial charge >= 0.3 is 0 Å². The molecule has 0 aliphatic heterocycles. The van der Waals surface area contributed by atoms with Gasteiger partial charge in [-0.15, -0.1) is 22.7 Å². The van der Waals surface area contributed by atoms with Crippen molar-refractivity contribution < 1.29 is 4.79 Å². The number of rotatable bonds is 3. The molecule has 90 valence electrons. The first-order chi connectivity index (χ1) is 8.06. The van der Waals surface area contributed by atoms with Crippen LogP contribution in [0.1, 0.15) is 34.0 Å². The van der Waals surface area contributed by atoms with Gasteiger partial charge < -0.3 is 5.32 Å². The maximum absolute atomic E-state index is 11.9. The number of thiazole rings is 1. The number of carbonyl (C=O) groups is 1. The lowest BCUT2D eigenvalue weighted by molar-refractivity contribution is 0.0940. The van der Waals surface area contributed by atoms with Gasteiger partial charge in [-0.3, -0.25) is 4.79 Å². The van der Waals surface area contributed by atoms with Crippen LogP contribution in [-0.2, 0) is 0 Å². The van der Waals surface area contributed by atoms with Crippen molar-refractivity contribution in [2.75, 3.05) is 0 Å². The topological polar surface area (TPSA) is 42.0 Å². The molecule has 1 unspecified atom stereocenters. The fourth-order valence-electron chi connectivity index (χ4n) is 1.34. The van der Waals surface area contributed by atoms with E-state index in [1.165, 1.54) is 11.3 Å². The molecular formula is C11H11BrN2OS2. The second kappa shape index (κ2) is 5.29. The summed E-state index contributed by atoms with van der Waals surface area (Å²) in [6, 6.07) is 1.76. The summed E-state index contributed by atoms with van der Waals surface area (Å²) in [5.74, 6) is -0.0627. The average Bonchev–Trinajstić information content (AvgIpc) is 2.87. The van der Waals surface area contributed by atoms with E-state index in [2.05, 4.69) is 26.2 Å². The van der Waals surface area contributed by atoms with Crippen LogP contribution in [0.2, 0.25) is 0 Å². The van der Waals surface area contributed by atoms with Gasteiger partial charge in [0, 0.05) is 16.5 Å². The molecule has 0 spiro atoms. The molecule has 17 heavy (non-hydrogen) atoms. The smallest absolute Gasteiger partial charge is 0.252 e. The monoisotopic (exact) mass is 330 g/mol. The van der Waals surface area contributed by atoms with Gasteiger partial charge in [-0.25, -0.2) is 4.98 Å². The van der Waals surface area contributed by atoms with Crippen LogP contribution in [0.25, 0.3) is 0 Å². The van der Waals surface area contributed by atoms with Crippen LogP contribution in [0, 0.1) is 6.92 Å². The number of nitrogens with one attached hydrogen (secondary N) is 1. The second-order valence-corrected chi connectivity index (χ2v) is 6.84. The quantitative estimate of drug-likeness (QED) is 0.930. The highest BCUT2D eigenvalue weighted by molar-refractivity contribution is 9.11. The number of hydrogen-bond acceptors (Lipinski definition) is 4. The predicted octanol–water partition coefficient (Wildman–Crippen LogP) is 3.77. The third-order valence-corrected chi connectivity index (χ3v) is 4.83. The molecule has 0 saturated carbocycles. The van der Waals surface area contributed by atoms with Crippen LogP contribution >= 0.6 is 38.6 Å². The number of halogens is 1. The number of carbonyl (C=O) groups excluding carboxylic acids is 1. The van der Waals surface area contributed by atoms with Gasteiger partial charge in [0.25, 0.3) is 5.91 Å². The highest BCUT2D eigenvalue weighted by Gasteiger charge is 2.14. The predicted molar refractivity (Wildman–Crippen MR) is 74.8 cm³/mol.